The molecule has 1 N–H and O–H groups in total. The fourth-order valence-electron chi connectivity index (χ4n) is 3.15. The molecule has 1 fully saturated rings. The molecule has 0 aromatic carbocycles. The van der Waals surface area contributed by atoms with Gasteiger partial charge in [0, 0.05) is 25.7 Å². The number of nitrogens with zero attached hydrogens (tertiary/aromatic N) is 3. The second-order valence-corrected chi connectivity index (χ2v) is 7.26. The molecule has 1 saturated heterocycles. The quantitative estimate of drug-likeness (QED) is 0.823. The van der Waals surface area contributed by atoms with Gasteiger partial charge in [0.1, 0.15) is 5.76 Å². The Morgan fingerprint density at radius 2 is 2.20 bits per heavy atom. The number of likely N-dealkylation sites (N-methyl/N-ethyl adjacent to an activating group) is 1. The summed E-state index contributed by atoms with van der Waals surface area (Å²) in [5.74, 6) is 0.816. The van der Waals surface area contributed by atoms with E-state index in [1.807, 2.05) is 36.4 Å². The summed E-state index contributed by atoms with van der Waals surface area (Å²) in [5.41, 5.74) is 0.996. The molecule has 0 bridgehead atoms. The normalized spacial score (nSPS) is 16.1. The van der Waals surface area contributed by atoms with Crippen LogP contribution in [0.25, 0.3) is 10.8 Å². The maximum atomic E-state index is 10.8. The van der Waals surface area contributed by atoms with Crippen molar-refractivity contribution in [2.45, 2.75) is 32.4 Å². The molecule has 138 valence electrons. The summed E-state index contributed by atoms with van der Waals surface area (Å²) in [7, 11) is 1.89. The Hall–Kier alpha value is -1.41. The maximum absolute atomic E-state index is 10.8. The summed E-state index contributed by atoms with van der Waals surface area (Å²) >= 11 is 1.63. The van der Waals surface area contributed by atoms with Crippen LogP contribution in [0, 0.1) is 6.92 Å². The Morgan fingerprint density at radius 1 is 1.48 bits per heavy atom. The Morgan fingerprint density at radius 3 is 2.80 bits per heavy atom. The predicted octanol–water partition coefficient (Wildman–Crippen LogP) is 3.11. The molecule has 0 atom stereocenters. The minimum Gasteiger partial charge on any atom is -0.480 e. The van der Waals surface area contributed by atoms with E-state index in [4.69, 9.17) is 9.52 Å². The largest absolute Gasteiger partial charge is 0.480 e. The zero-order valence-corrected chi connectivity index (χ0v) is 16.1. The van der Waals surface area contributed by atoms with Crippen LogP contribution >= 0.6 is 23.7 Å². The third-order valence-electron chi connectivity index (χ3n) is 4.56. The monoisotopic (exact) mass is 385 g/mol. The second kappa shape index (κ2) is 8.80. The highest BCUT2D eigenvalue weighted by Gasteiger charge is 2.24. The number of piperidine rings is 1. The Bertz CT molecular complexity index is 681. The predicted molar refractivity (Wildman–Crippen MR) is 100 cm³/mol. The van der Waals surface area contributed by atoms with Crippen LogP contribution in [0.15, 0.2) is 21.9 Å². The van der Waals surface area contributed by atoms with Crippen LogP contribution < -0.4 is 0 Å². The average molecular weight is 386 g/mol. The fourth-order valence-corrected chi connectivity index (χ4v) is 3.80. The zero-order chi connectivity index (χ0) is 17.1. The molecule has 3 rings (SSSR count). The smallest absolute Gasteiger partial charge is 0.317 e. The van der Waals surface area contributed by atoms with Gasteiger partial charge in [-0.15, -0.1) is 23.7 Å². The SMILES string of the molecule is Cc1oc(-c2cccs2)nc1CN1CCC(N(C)CC(=O)O)CC1.Cl. The molecule has 25 heavy (non-hydrogen) atoms. The van der Waals surface area contributed by atoms with Crippen LogP contribution in [-0.4, -0.2) is 58.6 Å². The van der Waals surface area contributed by atoms with Crippen molar-refractivity contribution in [3.8, 4) is 10.8 Å². The number of carbonyl (C=O) groups is 1. The van der Waals surface area contributed by atoms with E-state index >= 15 is 0 Å². The lowest BCUT2D eigenvalue weighted by Crippen LogP contribution is -2.44. The first-order valence-corrected chi connectivity index (χ1v) is 9.05. The summed E-state index contributed by atoms with van der Waals surface area (Å²) in [4.78, 5) is 20.8. The van der Waals surface area contributed by atoms with Crippen LogP contribution in [-0.2, 0) is 11.3 Å². The van der Waals surface area contributed by atoms with Crippen molar-refractivity contribution in [2.75, 3.05) is 26.7 Å². The van der Waals surface area contributed by atoms with Crippen molar-refractivity contribution in [1.82, 2.24) is 14.8 Å². The summed E-state index contributed by atoms with van der Waals surface area (Å²) in [6.07, 6.45) is 1.97. The van der Waals surface area contributed by atoms with Gasteiger partial charge in [-0.3, -0.25) is 14.6 Å². The number of aliphatic carboxylic acids is 1. The molecule has 1 aliphatic rings. The van der Waals surface area contributed by atoms with Crippen LogP contribution in [0.3, 0.4) is 0 Å². The highest BCUT2D eigenvalue weighted by molar-refractivity contribution is 7.13. The zero-order valence-electron chi connectivity index (χ0n) is 14.5. The van der Waals surface area contributed by atoms with Crippen molar-refractivity contribution < 1.29 is 14.3 Å². The third-order valence-corrected chi connectivity index (χ3v) is 5.42. The Kier molecular flexibility index (Phi) is 7.01. The number of aromatic nitrogens is 1. The lowest BCUT2D eigenvalue weighted by Gasteiger charge is -2.35. The van der Waals surface area contributed by atoms with Crippen LogP contribution in [0.5, 0.6) is 0 Å². The summed E-state index contributed by atoms with van der Waals surface area (Å²) in [5, 5.41) is 10.9. The average Bonchev–Trinajstić information content (AvgIpc) is 3.18. The Balaban J connectivity index is 0.00000225. The van der Waals surface area contributed by atoms with Gasteiger partial charge in [0.15, 0.2) is 0 Å². The Labute approximate surface area is 157 Å². The topological polar surface area (TPSA) is 69.8 Å². The van der Waals surface area contributed by atoms with E-state index in [-0.39, 0.29) is 19.0 Å². The first-order chi connectivity index (χ1) is 11.5. The molecule has 0 spiro atoms. The maximum Gasteiger partial charge on any atom is 0.317 e. The standard InChI is InChI=1S/C17H23N3O3S.ClH/c1-12-14(18-17(23-12)15-4-3-9-24-15)10-20-7-5-13(6-8-20)19(2)11-16(21)22;/h3-4,9,13H,5-8,10-11H2,1-2H3,(H,21,22);1H. The summed E-state index contributed by atoms with van der Waals surface area (Å²) in [6, 6.07) is 4.36. The van der Waals surface area contributed by atoms with Crippen molar-refractivity contribution in [3.05, 3.63) is 29.0 Å². The number of carboxylic acid groups (broad SMARTS) is 1. The van der Waals surface area contributed by atoms with Gasteiger partial charge in [-0.2, -0.15) is 0 Å². The first-order valence-electron chi connectivity index (χ1n) is 8.17. The van der Waals surface area contributed by atoms with Crippen LogP contribution in [0.4, 0.5) is 0 Å². The van der Waals surface area contributed by atoms with Crippen molar-refractivity contribution >= 4 is 29.7 Å². The minimum atomic E-state index is -0.765. The third kappa shape index (κ3) is 5.04. The fraction of sp³-hybridized carbons (Fsp3) is 0.529. The molecule has 0 radical (unpaired) electrons. The minimum absolute atomic E-state index is 0. The number of rotatable bonds is 6. The molecular formula is C17H24ClN3O3S. The van der Waals surface area contributed by atoms with Crippen molar-refractivity contribution in [3.63, 3.8) is 0 Å². The van der Waals surface area contributed by atoms with E-state index in [0.29, 0.717) is 11.9 Å². The molecule has 6 nitrogen and oxygen atoms in total. The van der Waals surface area contributed by atoms with E-state index in [2.05, 4.69) is 9.88 Å². The number of likely N-dealkylation sites (tertiary alicyclic amines) is 1. The lowest BCUT2D eigenvalue weighted by molar-refractivity contribution is -0.138. The highest BCUT2D eigenvalue weighted by Crippen LogP contribution is 2.27. The van der Waals surface area contributed by atoms with Gasteiger partial charge >= 0.3 is 5.97 Å². The number of aryl methyl sites for hydroxylation is 1. The molecule has 1 aliphatic heterocycles. The lowest BCUT2D eigenvalue weighted by atomic mass is 10.0. The van der Waals surface area contributed by atoms with Crippen LogP contribution in [0.1, 0.15) is 24.3 Å². The van der Waals surface area contributed by atoms with E-state index < -0.39 is 5.97 Å². The number of thiophene rings is 1. The number of oxazole rings is 1. The first kappa shape index (κ1) is 19.9. The van der Waals surface area contributed by atoms with Gasteiger partial charge in [0.25, 0.3) is 0 Å². The van der Waals surface area contributed by atoms with Crippen molar-refractivity contribution in [2.24, 2.45) is 0 Å². The van der Waals surface area contributed by atoms with E-state index in [1.54, 1.807) is 11.3 Å². The number of carboxylic acids is 1. The second-order valence-electron chi connectivity index (χ2n) is 6.32. The van der Waals surface area contributed by atoms with E-state index in [0.717, 1.165) is 48.8 Å². The van der Waals surface area contributed by atoms with Gasteiger partial charge in [-0.25, -0.2) is 4.98 Å². The molecule has 0 unspecified atom stereocenters. The molecule has 2 aromatic rings. The molecule has 0 aliphatic carbocycles. The molecular weight excluding hydrogens is 362 g/mol. The summed E-state index contributed by atoms with van der Waals surface area (Å²) < 4.78 is 5.80. The number of halogens is 1. The highest BCUT2D eigenvalue weighted by atomic mass is 35.5. The molecule has 3 heterocycles. The number of hydrogen-bond donors (Lipinski definition) is 1. The molecule has 2 aromatic heterocycles. The molecule has 0 saturated carbocycles. The van der Waals surface area contributed by atoms with Crippen molar-refractivity contribution in [1.29, 1.82) is 0 Å². The van der Waals surface area contributed by atoms with E-state index in [1.165, 1.54) is 0 Å². The molecule has 8 heteroatoms. The summed E-state index contributed by atoms with van der Waals surface area (Å²) in [6.45, 7) is 4.77. The van der Waals surface area contributed by atoms with Gasteiger partial charge < -0.3 is 9.52 Å². The van der Waals surface area contributed by atoms with Gasteiger partial charge in [-0.05, 0) is 38.3 Å². The van der Waals surface area contributed by atoms with Gasteiger partial charge in [0.05, 0.1) is 17.1 Å². The van der Waals surface area contributed by atoms with Crippen LogP contribution in [0.2, 0.25) is 0 Å². The molecule has 0 amide bonds. The van der Waals surface area contributed by atoms with Gasteiger partial charge in [-0.1, -0.05) is 6.07 Å². The van der Waals surface area contributed by atoms with Gasteiger partial charge in [0.2, 0.25) is 5.89 Å². The number of hydrogen-bond acceptors (Lipinski definition) is 6. The van der Waals surface area contributed by atoms with E-state index in [9.17, 15) is 4.79 Å².